The number of amides is 1. The maximum Gasteiger partial charge on any atom is 0.322 e. The third-order valence-electron chi connectivity index (χ3n) is 2.58. The average Bonchev–Trinajstić information content (AvgIpc) is 2.89. The SMILES string of the molecule is NCCCCCC(=O)NCC#Cc1c[nH]c([N+](=O)[O-])c1. The fourth-order valence-electron chi connectivity index (χ4n) is 1.54. The molecule has 0 aliphatic heterocycles. The normalized spacial score (nSPS) is 9.65. The van der Waals surface area contributed by atoms with E-state index in [-0.39, 0.29) is 18.3 Å². The Balaban J connectivity index is 2.24. The van der Waals surface area contributed by atoms with Gasteiger partial charge in [0, 0.05) is 6.42 Å². The highest BCUT2D eigenvalue weighted by molar-refractivity contribution is 5.76. The number of aromatic nitrogens is 1. The van der Waals surface area contributed by atoms with Crippen LogP contribution >= 0.6 is 0 Å². The first kappa shape index (κ1) is 15.7. The van der Waals surface area contributed by atoms with E-state index < -0.39 is 4.92 Å². The molecule has 0 bridgehead atoms. The summed E-state index contributed by atoms with van der Waals surface area (Å²) in [6.07, 6.45) is 4.62. The van der Waals surface area contributed by atoms with Gasteiger partial charge in [0.05, 0.1) is 18.2 Å². The van der Waals surface area contributed by atoms with E-state index >= 15 is 0 Å². The van der Waals surface area contributed by atoms with Gasteiger partial charge in [-0.15, -0.1) is 0 Å². The highest BCUT2D eigenvalue weighted by atomic mass is 16.6. The molecule has 108 valence electrons. The molecule has 7 heteroatoms. The van der Waals surface area contributed by atoms with Gasteiger partial charge in [0.1, 0.15) is 6.20 Å². The molecule has 4 N–H and O–H groups in total. The summed E-state index contributed by atoms with van der Waals surface area (Å²) in [5.41, 5.74) is 5.88. The van der Waals surface area contributed by atoms with Gasteiger partial charge in [-0.2, -0.15) is 0 Å². The molecule has 20 heavy (non-hydrogen) atoms. The summed E-state index contributed by atoms with van der Waals surface area (Å²) in [6, 6.07) is 1.35. The van der Waals surface area contributed by atoms with Crippen LogP contribution in [0.2, 0.25) is 0 Å². The Labute approximate surface area is 117 Å². The molecule has 1 aromatic heterocycles. The third-order valence-corrected chi connectivity index (χ3v) is 2.58. The Morgan fingerprint density at radius 3 is 2.90 bits per heavy atom. The lowest BCUT2D eigenvalue weighted by atomic mass is 10.2. The van der Waals surface area contributed by atoms with E-state index in [1.165, 1.54) is 12.3 Å². The molecular weight excluding hydrogens is 260 g/mol. The van der Waals surface area contributed by atoms with Crippen LogP contribution < -0.4 is 11.1 Å². The Hall–Kier alpha value is -2.33. The number of nitrogens with two attached hydrogens (primary N) is 1. The number of H-pyrrole nitrogens is 1. The van der Waals surface area contributed by atoms with Gasteiger partial charge in [0.15, 0.2) is 0 Å². The van der Waals surface area contributed by atoms with Gasteiger partial charge < -0.3 is 21.2 Å². The predicted octanol–water partition coefficient (Wildman–Crippen LogP) is 0.910. The van der Waals surface area contributed by atoms with Crippen molar-refractivity contribution in [3.05, 3.63) is 27.9 Å². The maximum absolute atomic E-state index is 11.4. The summed E-state index contributed by atoms with van der Waals surface area (Å²) in [4.78, 5) is 23.8. The Morgan fingerprint density at radius 1 is 1.45 bits per heavy atom. The second-order valence-corrected chi connectivity index (χ2v) is 4.21. The van der Waals surface area contributed by atoms with Crippen molar-refractivity contribution in [3.8, 4) is 11.8 Å². The number of hydrogen-bond donors (Lipinski definition) is 3. The van der Waals surface area contributed by atoms with Gasteiger partial charge in [-0.25, -0.2) is 4.98 Å². The number of nitrogens with one attached hydrogen (secondary N) is 2. The zero-order chi connectivity index (χ0) is 14.8. The second-order valence-electron chi connectivity index (χ2n) is 4.21. The first-order chi connectivity index (χ1) is 9.63. The molecule has 1 amide bonds. The van der Waals surface area contributed by atoms with Crippen molar-refractivity contribution in [2.75, 3.05) is 13.1 Å². The summed E-state index contributed by atoms with van der Waals surface area (Å²) >= 11 is 0. The maximum atomic E-state index is 11.4. The van der Waals surface area contributed by atoms with Crippen molar-refractivity contribution in [1.82, 2.24) is 10.3 Å². The van der Waals surface area contributed by atoms with Crippen molar-refractivity contribution < 1.29 is 9.72 Å². The first-order valence-corrected chi connectivity index (χ1v) is 6.42. The highest BCUT2D eigenvalue weighted by Gasteiger charge is 2.05. The molecule has 0 unspecified atom stereocenters. The lowest BCUT2D eigenvalue weighted by molar-refractivity contribution is -0.389. The molecule has 1 rings (SSSR count). The van der Waals surface area contributed by atoms with Gasteiger partial charge in [0.25, 0.3) is 0 Å². The lowest BCUT2D eigenvalue weighted by Crippen LogP contribution is -2.23. The molecule has 1 aromatic rings. The zero-order valence-electron chi connectivity index (χ0n) is 11.1. The molecular formula is C13H18N4O3. The zero-order valence-corrected chi connectivity index (χ0v) is 11.1. The second kappa shape index (κ2) is 8.72. The molecule has 0 fully saturated rings. The fourth-order valence-corrected chi connectivity index (χ4v) is 1.54. The third kappa shape index (κ3) is 6.02. The van der Waals surface area contributed by atoms with Crippen LogP contribution in [-0.4, -0.2) is 28.9 Å². The number of rotatable bonds is 7. The summed E-state index contributed by atoms with van der Waals surface area (Å²) in [7, 11) is 0. The molecule has 0 saturated carbocycles. The van der Waals surface area contributed by atoms with Crippen LogP contribution in [0.5, 0.6) is 0 Å². The number of unbranched alkanes of at least 4 members (excludes halogenated alkanes) is 2. The van der Waals surface area contributed by atoms with E-state index in [9.17, 15) is 14.9 Å². The van der Waals surface area contributed by atoms with E-state index in [1.54, 1.807) is 0 Å². The van der Waals surface area contributed by atoms with Crippen molar-refractivity contribution in [2.24, 2.45) is 5.73 Å². The molecule has 0 aromatic carbocycles. The van der Waals surface area contributed by atoms with Crippen molar-refractivity contribution in [1.29, 1.82) is 0 Å². The Bertz CT molecular complexity index is 513. The van der Waals surface area contributed by atoms with Gasteiger partial charge >= 0.3 is 5.82 Å². The topological polar surface area (TPSA) is 114 Å². The number of hydrogen-bond acceptors (Lipinski definition) is 4. The number of carbonyl (C=O) groups is 1. The molecule has 7 nitrogen and oxygen atoms in total. The van der Waals surface area contributed by atoms with Crippen LogP contribution in [0.15, 0.2) is 12.3 Å². The molecule has 0 saturated heterocycles. The van der Waals surface area contributed by atoms with Gasteiger partial charge in [-0.1, -0.05) is 18.3 Å². The Morgan fingerprint density at radius 2 is 2.25 bits per heavy atom. The Kier molecular flexibility index (Phi) is 6.85. The van der Waals surface area contributed by atoms with Crippen LogP contribution in [0.1, 0.15) is 31.2 Å². The standard InChI is InChI=1S/C13H18N4O3/c14-7-3-1-2-6-13(18)15-8-4-5-11-9-12(16-10-11)17(19)20/h9-10,16H,1-3,6-8,14H2,(H,15,18). The van der Waals surface area contributed by atoms with Gasteiger partial charge in [-0.05, 0) is 24.3 Å². The molecule has 0 aliphatic carbocycles. The van der Waals surface area contributed by atoms with Crippen LogP contribution in [0.25, 0.3) is 0 Å². The van der Waals surface area contributed by atoms with E-state index in [4.69, 9.17) is 5.73 Å². The minimum atomic E-state index is -0.520. The van der Waals surface area contributed by atoms with Crippen LogP contribution in [0.4, 0.5) is 5.82 Å². The quantitative estimate of drug-likeness (QED) is 0.297. The number of aromatic amines is 1. The molecule has 0 radical (unpaired) electrons. The van der Waals surface area contributed by atoms with Crippen LogP contribution in [-0.2, 0) is 4.79 Å². The van der Waals surface area contributed by atoms with Crippen molar-refractivity contribution in [3.63, 3.8) is 0 Å². The minimum Gasteiger partial charge on any atom is -0.358 e. The smallest absolute Gasteiger partial charge is 0.322 e. The number of carbonyl (C=O) groups excluding carboxylic acids is 1. The largest absolute Gasteiger partial charge is 0.358 e. The average molecular weight is 278 g/mol. The molecule has 0 aliphatic rings. The van der Waals surface area contributed by atoms with Crippen molar-refractivity contribution in [2.45, 2.75) is 25.7 Å². The lowest BCUT2D eigenvalue weighted by Gasteiger charge is -2.00. The number of nitrogens with zero attached hydrogens (tertiary/aromatic N) is 1. The van der Waals surface area contributed by atoms with E-state index in [0.717, 1.165) is 19.3 Å². The van der Waals surface area contributed by atoms with E-state index in [2.05, 4.69) is 22.1 Å². The summed E-state index contributed by atoms with van der Waals surface area (Å²) in [5, 5.41) is 13.1. The molecule has 1 heterocycles. The van der Waals surface area contributed by atoms with Crippen LogP contribution in [0, 0.1) is 22.0 Å². The van der Waals surface area contributed by atoms with E-state index in [1.807, 2.05) is 0 Å². The minimum absolute atomic E-state index is 0.0450. The van der Waals surface area contributed by atoms with Gasteiger partial charge in [-0.3, -0.25) is 4.79 Å². The highest BCUT2D eigenvalue weighted by Crippen LogP contribution is 2.09. The van der Waals surface area contributed by atoms with Crippen LogP contribution in [0.3, 0.4) is 0 Å². The summed E-state index contributed by atoms with van der Waals surface area (Å²) in [5.74, 6) is 5.33. The van der Waals surface area contributed by atoms with Gasteiger partial charge in [0.2, 0.25) is 5.91 Å². The molecule has 0 spiro atoms. The monoisotopic (exact) mass is 278 g/mol. The summed E-state index contributed by atoms with van der Waals surface area (Å²) in [6.45, 7) is 0.880. The van der Waals surface area contributed by atoms with E-state index in [0.29, 0.717) is 18.5 Å². The van der Waals surface area contributed by atoms with Crippen molar-refractivity contribution >= 4 is 11.7 Å². The molecule has 0 atom stereocenters. The first-order valence-electron chi connectivity index (χ1n) is 6.42. The predicted molar refractivity (Wildman–Crippen MR) is 74.9 cm³/mol. The fraction of sp³-hybridized carbons (Fsp3) is 0.462. The summed E-state index contributed by atoms with van der Waals surface area (Å²) < 4.78 is 0. The number of nitro groups is 1.